The summed E-state index contributed by atoms with van der Waals surface area (Å²) in [6.45, 7) is 5.45. The minimum atomic E-state index is -0.557. The van der Waals surface area contributed by atoms with Crippen molar-refractivity contribution < 1.29 is 19.7 Å². The Morgan fingerprint density at radius 1 is 1.06 bits per heavy atom. The first-order valence-corrected chi connectivity index (χ1v) is 6.67. The van der Waals surface area contributed by atoms with Gasteiger partial charge < -0.3 is 14.9 Å². The maximum atomic E-state index is 12.2. The van der Waals surface area contributed by atoms with Crippen LogP contribution in [0.1, 0.15) is 46.5 Å². The highest BCUT2D eigenvalue weighted by Crippen LogP contribution is 2.35. The van der Waals surface area contributed by atoms with E-state index in [4.69, 9.17) is 4.74 Å². The molecule has 0 aromatic rings. The van der Waals surface area contributed by atoms with Gasteiger partial charge in [-0.2, -0.15) is 0 Å². The topological polar surface area (TPSA) is 70.0 Å². The van der Waals surface area contributed by atoms with Crippen LogP contribution in [0.4, 0.5) is 4.79 Å². The summed E-state index contributed by atoms with van der Waals surface area (Å²) in [6, 6.07) is -0.413. The van der Waals surface area contributed by atoms with Gasteiger partial charge in [0.05, 0.1) is 24.3 Å². The third-order valence-electron chi connectivity index (χ3n) is 3.72. The summed E-state index contributed by atoms with van der Waals surface area (Å²) in [5, 5.41) is 20.1. The fourth-order valence-electron chi connectivity index (χ4n) is 2.93. The van der Waals surface area contributed by atoms with E-state index >= 15 is 0 Å². The van der Waals surface area contributed by atoms with Crippen LogP contribution in [0, 0.1) is 0 Å². The van der Waals surface area contributed by atoms with E-state index in [1.54, 1.807) is 4.90 Å². The Morgan fingerprint density at radius 3 is 1.89 bits per heavy atom. The fourth-order valence-corrected chi connectivity index (χ4v) is 2.93. The van der Waals surface area contributed by atoms with Gasteiger partial charge in [0, 0.05) is 0 Å². The van der Waals surface area contributed by atoms with Crippen molar-refractivity contribution in [1.29, 1.82) is 0 Å². The highest BCUT2D eigenvalue weighted by atomic mass is 16.6. The number of carbonyl (C=O) groups is 1. The molecule has 0 aromatic heterocycles. The molecule has 2 N–H and O–H groups in total. The molecule has 2 saturated heterocycles. The number of hydrogen-bond acceptors (Lipinski definition) is 4. The van der Waals surface area contributed by atoms with Crippen molar-refractivity contribution in [2.75, 3.05) is 0 Å². The molecule has 0 aromatic carbocycles. The Balaban J connectivity index is 2.17. The van der Waals surface area contributed by atoms with Crippen LogP contribution in [0.25, 0.3) is 0 Å². The van der Waals surface area contributed by atoms with E-state index in [2.05, 4.69) is 0 Å². The molecule has 4 unspecified atom stereocenters. The van der Waals surface area contributed by atoms with E-state index in [1.807, 2.05) is 20.8 Å². The maximum Gasteiger partial charge on any atom is 0.410 e. The number of hydrogen-bond donors (Lipinski definition) is 2. The molecule has 2 bridgehead atoms. The molecule has 18 heavy (non-hydrogen) atoms. The molecular weight excluding hydrogens is 234 g/mol. The first-order valence-electron chi connectivity index (χ1n) is 6.67. The molecular formula is C13H23NO4. The lowest BCUT2D eigenvalue weighted by molar-refractivity contribution is -0.00961. The van der Waals surface area contributed by atoms with Crippen LogP contribution < -0.4 is 0 Å². The summed E-state index contributed by atoms with van der Waals surface area (Å²) < 4.78 is 5.38. The van der Waals surface area contributed by atoms with Crippen molar-refractivity contribution in [3.63, 3.8) is 0 Å². The SMILES string of the molecule is CC(C)(C)OC(=O)N1C2CCC1C(O)CCC2O. The monoisotopic (exact) mass is 257 g/mol. The summed E-state index contributed by atoms with van der Waals surface area (Å²) in [5.74, 6) is 0. The molecule has 2 heterocycles. The molecule has 5 heteroatoms. The molecule has 0 saturated carbocycles. The Hall–Kier alpha value is -0.810. The van der Waals surface area contributed by atoms with Crippen LogP contribution >= 0.6 is 0 Å². The van der Waals surface area contributed by atoms with Crippen LogP contribution in [0.2, 0.25) is 0 Å². The van der Waals surface area contributed by atoms with Gasteiger partial charge in [0.15, 0.2) is 0 Å². The number of amides is 1. The van der Waals surface area contributed by atoms with Gasteiger partial charge in [0.2, 0.25) is 0 Å². The number of aliphatic hydroxyl groups is 2. The molecule has 2 rings (SSSR count). The zero-order chi connectivity index (χ0) is 13.5. The first-order chi connectivity index (χ1) is 8.29. The summed E-state index contributed by atoms with van der Waals surface area (Å²) in [5.41, 5.74) is -0.557. The number of fused-ring (bicyclic) bond motifs is 2. The second-order valence-corrected chi connectivity index (χ2v) is 6.31. The molecule has 0 aliphatic carbocycles. The average molecular weight is 257 g/mol. The van der Waals surface area contributed by atoms with Crippen molar-refractivity contribution in [3.05, 3.63) is 0 Å². The minimum Gasteiger partial charge on any atom is -0.444 e. The molecule has 104 valence electrons. The fraction of sp³-hybridized carbons (Fsp3) is 0.923. The van der Waals surface area contributed by atoms with Crippen molar-refractivity contribution in [2.45, 2.75) is 76.3 Å². The maximum absolute atomic E-state index is 12.2. The van der Waals surface area contributed by atoms with Gasteiger partial charge in [-0.25, -0.2) is 4.79 Å². The normalized spacial score (nSPS) is 36.4. The van der Waals surface area contributed by atoms with Gasteiger partial charge in [-0.1, -0.05) is 0 Å². The summed E-state index contributed by atoms with van der Waals surface area (Å²) in [7, 11) is 0. The lowest BCUT2D eigenvalue weighted by Crippen LogP contribution is -2.49. The van der Waals surface area contributed by atoms with E-state index < -0.39 is 23.9 Å². The Bertz CT molecular complexity index is 307. The Kier molecular flexibility index (Phi) is 3.56. The van der Waals surface area contributed by atoms with Crippen LogP contribution in [-0.4, -0.2) is 51.1 Å². The number of aliphatic hydroxyl groups excluding tert-OH is 2. The molecule has 2 aliphatic heterocycles. The number of carbonyl (C=O) groups excluding carboxylic acids is 1. The van der Waals surface area contributed by atoms with E-state index in [0.717, 1.165) is 12.8 Å². The van der Waals surface area contributed by atoms with E-state index in [1.165, 1.54) is 0 Å². The minimum absolute atomic E-state index is 0.206. The van der Waals surface area contributed by atoms with Crippen molar-refractivity contribution >= 4 is 6.09 Å². The molecule has 2 aliphatic rings. The van der Waals surface area contributed by atoms with Crippen LogP contribution in [0.3, 0.4) is 0 Å². The van der Waals surface area contributed by atoms with Crippen molar-refractivity contribution in [2.24, 2.45) is 0 Å². The lowest BCUT2D eigenvalue weighted by atomic mass is 9.97. The first kappa shape index (κ1) is 13.6. The van der Waals surface area contributed by atoms with Gasteiger partial charge in [-0.15, -0.1) is 0 Å². The third-order valence-corrected chi connectivity index (χ3v) is 3.72. The zero-order valence-electron chi connectivity index (χ0n) is 11.3. The highest BCUT2D eigenvalue weighted by molar-refractivity contribution is 5.69. The Labute approximate surface area is 108 Å². The lowest BCUT2D eigenvalue weighted by Gasteiger charge is -2.33. The van der Waals surface area contributed by atoms with Gasteiger partial charge in [-0.3, -0.25) is 4.90 Å². The number of ether oxygens (including phenoxy) is 1. The standard InChI is InChI=1S/C13H23NO4/c1-13(2,3)18-12(17)14-8-4-5-9(14)11(16)7-6-10(8)15/h8-11,15-16H,4-7H2,1-3H3. The van der Waals surface area contributed by atoms with Gasteiger partial charge in [0.1, 0.15) is 5.60 Å². The van der Waals surface area contributed by atoms with Crippen LogP contribution in [0.5, 0.6) is 0 Å². The van der Waals surface area contributed by atoms with Gasteiger partial charge in [0.25, 0.3) is 0 Å². The number of nitrogens with zero attached hydrogens (tertiary/aromatic N) is 1. The zero-order valence-corrected chi connectivity index (χ0v) is 11.3. The quantitative estimate of drug-likeness (QED) is 0.685. The average Bonchev–Trinajstić information content (AvgIpc) is 2.62. The van der Waals surface area contributed by atoms with Gasteiger partial charge >= 0.3 is 6.09 Å². The Morgan fingerprint density at radius 2 is 1.50 bits per heavy atom. The third kappa shape index (κ3) is 2.62. The summed E-state index contributed by atoms with van der Waals surface area (Å²) >= 11 is 0. The van der Waals surface area contributed by atoms with Crippen LogP contribution in [0.15, 0.2) is 0 Å². The molecule has 1 amide bonds. The van der Waals surface area contributed by atoms with Crippen molar-refractivity contribution in [1.82, 2.24) is 4.90 Å². The molecule has 5 nitrogen and oxygen atoms in total. The number of rotatable bonds is 0. The molecule has 0 radical (unpaired) electrons. The molecule has 2 fully saturated rings. The van der Waals surface area contributed by atoms with E-state index in [0.29, 0.717) is 12.8 Å². The summed E-state index contributed by atoms with van der Waals surface area (Å²) in [4.78, 5) is 13.8. The largest absolute Gasteiger partial charge is 0.444 e. The van der Waals surface area contributed by atoms with E-state index in [9.17, 15) is 15.0 Å². The van der Waals surface area contributed by atoms with Gasteiger partial charge in [-0.05, 0) is 46.5 Å². The van der Waals surface area contributed by atoms with Crippen molar-refractivity contribution in [3.8, 4) is 0 Å². The predicted octanol–water partition coefficient (Wildman–Crippen LogP) is 1.27. The predicted molar refractivity (Wildman–Crippen MR) is 66.1 cm³/mol. The second kappa shape index (κ2) is 4.70. The second-order valence-electron chi connectivity index (χ2n) is 6.31. The highest BCUT2D eigenvalue weighted by Gasteiger charge is 2.47. The molecule has 0 spiro atoms. The summed E-state index contributed by atoms with van der Waals surface area (Å²) in [6.07, 6.45) is 1.03. The smallest absolute Gasteiger partial charge is 0.410 e. The molecule has 4 atom stereocenters. The van der Waals surface area contributed by atoms with Crippen LogP contribution in [-0.2, 0) is 4.74 Å². The van der Waals surface area contributed by atoms with E-state index in [-0.39, 0.29) is 12.1 Å².